The molecule has 0 aliphatic rings. The third-order valence-electron chi connectivity index (χ3n) is 4.12. The Kier molecular flexibility index (Phi) is 6.23. The van der Waals surface area contributed by atoms with Crippen LogP contribution < -0.4 is 21.4 Å². The standard InChI is InChI=1S/C18H18BrClN6O3/c1-10(20)6-7-26-14-15(25(2)18(28)23-16(14)27)22-17(26)24-21-9-11-8-12(19)4-5-13(11)29-3/h4-6,8-9H,7H2,1-3H3,(H,22,24)(H,23,27,28). The summed E-state index contributed by atoms with van der Waals surface area (Å²) in [7, 11) is 3.10. The number of methoxy groups -OCH3 is 1. The van der Waals surface area contributed by atoms with Crippen molar-refractivity contribution in [3.05, 3.63) is 60.2 Å². The van der Waals surface area contributed by atoms with Gasteiger partial charge in [0.25, 0.3) is 5.56 Å². The van der Waals surface area contributed by atoms with Gasteiger partial charge < -0.3 is 4.74 Å². The Bertz CT molecular complexity index is 1240. The van der Waals surface area contributed by atoms with Gasteiger partial charge in [-0.3, -0.25) is 18.9 Å². The topological polar surface area (TPSA) is 106 Å². The van der Waals surface area contributed by atoms with Gasteiger partial charge in [-0.1, -0.05) is 33.6 Å². The lowest BCUT2D eigenvalue weighted by molar-refractivity contribution is 0.414. The molecular formula is C18H18BrClN6O3. The van der Waals surface area contributed by atoms with E-state index in [1.807, 2.05) is 18.2 Å². The van der Waals surface area contributed by atoms with Crippen molar-refractivity contribution in [3.8, 4) is 5.75 Å². The first-order valence-corrected chi connectivity index (χ1v) is 9.63. The normalized spacial score (nSPS) is 12.1. The van der Waals surface area contributed by atoms with E-state index in [0.717, 1.165) is 10.0 Å². The quantitative estimate of drug-likeness (QED) is 0.416. The van der Waals surface area contributed by atoms with E-state index in [2.05, 4.69) is 36.4 Å². The van der Waals surface area contributed by atoms with E-state index in [4.69, 9.17) is 16.3 Å². The van der Waals surface area contributed by atoms with Gasteiger partial charge in [0.2, 0.25) is 5.95 Å². The molecule has 1 aromatic carbocycles. The summed E-state index contributed by atoms with van der Waals surface area (Å²) in [4.78, 5) is 30.9. The molecule has 0 unspecified atom stereocenters. The zero-order chi connectivity index (χ0) is 21.1. The Balaban J connectivity index is 2.06. The number of ether oxygens (including phenoxy) is 1. The average Bonchev–Trinajstić information content (AvgIpc) is 3.04. The number of H-pyrrole nitrogens is 1. The van der Waals surface area contributed by atoms with Gasteiger partial charge in [0.05, 0.1) is 13.3 Å². The van der Waals surface area contributed by atoms with Gasteiger partial charge in [-0.2, -0.15) is 10.1 Å². The lowest BCUT2D eigenvalue weighted by Crippen LogP contribution is -2.29. The molecule has 0 aliphatic carbocycles. The van der Waals surface area contributed by atoms with Crippen molar-refractivity contribution in [1.82, 2.24) is 19.1 Å². The number of nitrogens with one attached hydrogen (secondary N) is 2. The van der Waals surface area contributed by atoms with Gasteiger partial charge in [-0.05, 0) is 25.1 Å². The Labute approximate surface area is 178 Å². The molecule has 152 valence electrons. The van der Waals surface area contributed by atoms with Gasteiger partial charge in [0, 0.05) is 28.7 Å². The number of hydrogen-bond donors (Lipinski definition) is 2. The first-order chi connectivity index (χ1) is 13.8. The molecule has 2 aromatic heterocycles. The number of hydrazone groups is 1. The third kappa shape index (κ3) is 4.43. The van der Waals surface area contributed by atoms with E-state index in [9.17, 15) is 9.59 Å². The Hall–Kier alpha value is -2.85. The van der Waals surface area contributed by atoms with Crippen LogP contribution in [-0.4, -0.2) is 32.4 Å². The van der Waals surface area contributed by atoms with Crippen LogP contribution in [0.5, 0.6) is 5.75 Å². The molecule has 0 atom stereocenters. The number of anilines is 1. The summed E-state index contributed by atoms with van der Waals surface area (Å²) in [5.41, 5.74) is 2.94. The first-order valence-electron chi connectivity index (χ1n) is 8.46. The fraction of sp³-hybridized carbons (Fsp3) is 0.222. The predicted octanol–water partition coefficient (Wildman–Crippen LogP) is 2.78. The van der Waals surface area contributed by atoms with Crippen LogP contribution in [0.25, 0.3) is 11.2 Å². The van der Waals surface area contributed by atoms with E-state index in [1.165, 1.54) is 11.6 Å². The smallest absolute Gasteiger partial charge is 0.329 e. The van der Waals surface area contributed by atoms with Crippen molar-refractivity contribution in [2.24, 2.45) is 12.1 Å². The SMILES string of the molecule is COc1ccc(Br)cc1C=NNc1nc2c(c(=O)[nH]c(=O)n2C)n1CC=C(C)Cl. The molecule has 2 N–H and O–H groups in total. The summed E-state index contributed by atoms with van der Waals surface area (Å²) in [5, 5.41) is 4.77. The first kappa shape index (κ1) is 20.9. The summed E-state index contributed by atoms with van der Waals surface area (Å²) in [6.07, 6.45) is 3.29. The van der Waals surface area contributed by atoms with Gasteiger partial charge >= 0.3 is 5.69 Å². The van der Waals surface area contributed by atoms with Crippen LogP contribution in [0.2, 0.25) is 0 Å². The minimum Gasteiger partial charge on any atom is -0.496 e. The van der Waals surface area contributed by atoms with Crippen molar-refractivity contribution in [3.63, 3.8) is 0 Å². The van der Waals surface area contributed by atoms with Gasteiger partial charge in [0.1, 0.15) is 5.75 Å². The molecule has 9 nitrogen and oxygen atoms in total. The third-order valence-corrected chi connectivity index (χ3v) is 4.77. The summed E-state index contributed by atoms with van der Waals surface area (Å²) < 4.78 is 9.04. The molecular weight excluding hydrogens is 464 g/mol. The van der Waals surface area contributed by atoms with Crippen molar-refractivity contribution in [2.75, 3.05) is 12.5 Å². The van der Waals surface area contributed by atoms with E-state index >= 15 is 0 Å². The molecule has 29 heavy (non-hydrogen) atoms. The summed E-state index contributed by atoms with van der Waals surface area (Å²) >= 11 is 9.36. The molecule has 0 aliphatic heterocycles. The molecule has 2 heterocycles. The minimum atomic E-state index is -0.551. The highest BCUT2D eigenvalue weighted by Gasteiger charge is 2.16. The number of halogens is 2. The molecule has 0 bridgehead atoms. The van der Waals surface area contributed by atoms with E-state index in [1.54, 1.807) is 30.9 Å². The van der Waals surface area contributed by atoms with Gasteiger partial charge in [-0.25, -0.2) is 10.2 Å². The Morgan fingerprint density at radius 1 is 1.45 bits per heavy atom. The fourth-order valence-corrected chi connectivity index (χ4v) is 3.13. The van der Waals surface area contributed by atoms with E-state index in [0.29, 0.717) is 10.8 Å². The number of allylic oxidation sites excluding steroid dienone is 2. The zero-order valence-corrected chi connectivity index (χ0v) is 18.2. The van der Waals surface area contributed by atoms with Gasteiger partial charge in [-0.15, -0.1) is 0 Å². The Morgan fingerprint density at radius 3 is 2.90 bits per heavy atom. The molecule has 0 saturated heterocycles. The number of fused-ring (bicyclic) bond motifs is 1. The molecule has 0 saturated carbocycles. The lowest BCUT2D eigenvalue weighted by atomic mass is 10.2. The van der Waals surface area contributed by atoms with Crippen LogP contribution in [0.4, 0.5) is 5.95 Å². The number of aryl methyl sites for hydroxylation is 1. The van der Waals surface area contributed by atoms with Crippen LogP contribution >= 0.6 is 27.5 Å². The van der Waals surface area contributed by atoms with Crippen LogP contribution in [0.3, 0.4) is 0 Å². The highest BCUT2D eigenvalue weighted by Crippen LogP contribution is 2.21. The zero-order valence-electron chi connectivity index (χ0n) is 15.9. The number of nitrogens with zero attached hydrogens (tertiary/aromatic N) is 4. The van der Waals surface area contributed by atoms with E-state index in [-0.39, 0.29) is 23.7 Å². The second-order valence-electron chi connectivity index (χ2n) is 6.08. The maximum atomic E-state index is 12.4. The molecule has 0 amide bonds. The lowest BCUT2D eigenvalue weighted by Gasteiger charge is -2.06. The number of imidazole rings is 1. The highest BCUT2D eigenvalue weighted by atomic mass is 79.9. The van der Waals surface area contributed by atoms with Crippen molar-refractivity contribution < 1.29 is 4.74 Å². The maximum Gasteiger partial charge on any atom is 0.329 e. The van der Waals surface area contributed by atoms with Crippen LogP contribution in [0, 0.1) is 0 Å². The minimum absolute atomic E-state index is 0.233. The summed E-state index contributed by atoms with van der Waals surface area (Å²) in [6, 6.07) is 5.52. The largest absolute Gasteiger partial charge is 0.496 e. The number of hydrogen-bond acceptors (Lipinski definition) is 6. The van der Waals surface area contributed by atoms with Gasteiger partial charge in [0.15, 0.2) is 11.2 Å². The molecule has 3 rings (SSSR count). The molecule has 3 aromatic rings. The molecule has 0 spiro atoms. The number of aromatic nitrogens is 4. The summed E-state index contributed by atoms with van der Waals surface area (Å²) in [5.74, 6) is 0.929. The fourth-order valence-electron chi connectivity index (χ4n) is 2.68. The molecule has 0 fully saturated rings. The van der Waals surface area contributed by atoms with Crippen LogP contribution in [0.15, 0.2) is 48.5 Å². The van der Waals surface area contributed by atoms with Crippen LogP contribution in [-0.2, 0) is 13.6 Å². The number of benzene rings is 1. The second kappa shape index (κ2) is 8.66. The van der Waals surface area contributed by atoms with Crippen molar-refractivity contribution in [1.29, 1.82) is 0 Å². The monoisotopic (exact) mass is 480 g/mol. The average molecular weight is 482 g/mol. The molecule has 11 heteroatoms. The molecule has 0 radical (unpaired) electrons. The highest BCUT2D eigenvalue weighted by molar-refractivity contribution is 9.10. The Morgan fingerprint density at radius 2 is 2.21 bits per heavy atom. The second-order valence-corrected chi connectivity index (χ2v) is 7.60. The van der Waals surface area contributed by atoms with Crippen molar-refractivity contribution in [2.45, 2.75) is 13.5 Å². The number of aromatic amines is 1. The maximum absolute atomic E-state index is 12.4. The summed E-state index contributed by atoms with van der Waals surface area (Å²) in [6.45, 7) is 2.00. The van der Waals surface area contributed by atoms with Crippen molar-refractivity contribution >= 4 is 50.9 Å². The predicted molar refractivity (Wildman–Crippen MR) is 117 cm³/mol. The van der Waals surface area contributed by atoms with E-state index < -0.39 is 11.2 Å². The number of rotatable bonds is 6. The van der Waals surface area contributed by atoms with Crippen LogP contribution in [0.1, 0.15) is 12.5 Å².